The van der Waals surface area contributed by atoms with Crippen molar-refractivity contribution in [2.45, 2.75) is 19.4 Å². The van der Waals surface area contributed by atoms with E-state index in [-0.39, 0.29) is 16.7 Å². The van der Waals surface area contributed by atoms with Gasteiger partial charge >= 0.3 is 5.97 Å². The Hall–Kier alpha value is -1.33. The van der Waals surface area contributed by atoms with Gasteiger partial charge < -0.3 is 14.7 Å². The minimum atomic E-state index is -1.04. The molecular weight excluding hydrogens is 268 g/mol. The van der Waals surface area contributed by atoms with Gasteiger partial charge in [-0.05, 0) is 18.4 Å². The van der Waals surface area contributed by atoms with Crippen molar-refractivity contribution < 1.29 is 14.6 Å². The van der Waals surface area contributed by atoms with Gasteiger partial charge in [0.25, 0.3) is 0 Å². The fourth-order valence-corrected chi connectivity index (χ4v) is 2.50. The van der Waals surface area contributed by atoms with Gasteiger partial charge in [-0.1, -0.05) is 18.5 Å². The SMILES string of the molecule is COC1CN(c2cc(C(=O)O)c(Cl)cn2)CCC1C. The highest BCUT2D eigenvalue weighted by Gasteiger charge is 2.27. The third-order valence-corrected chi connectivity index (χ3v) is 3.89. The second kappa shape index (κ2) is 5.75. The molecule has 0 saturated carbocycles. The van der Waals surface area contributed by atoms with Crippen LogP contribution in [0.2, 0.25) is 5.02 Å². The van der Waals surface area contributed by atoms with Gasteiger partial charge in [0.15, 0.2) is 0 Å². The van der Waals surface area contributed by atoms with Gasteiger partial charge in [-0.3, -0.25) is 0 Å². The Morgan fingerprint density at radius 1 is 1.63 bits per heavy atom. The fraction of sp³-hybridized carbons (Fsp3) is 0.538. The van der Waals surface area contributed by atoms with E-state index in [4.69, 9.17) is 21.4 Å². The molecule has 6 heteroatoms. The Labute approximate surface area is 117 Å². The summed E-state index contributed by atoms with van der Waals surface area (Å²) < 4.78 is 5.44. The van der Waals surface area contributed by atoms with Crippen LogP contribution in [0.3, 0.4) is 0 Å². The summed E-state index contributed by atoms with van der Waals surface area (Å²) in [5.41, 5.74) is 0.0826. The number of hydrogen-bond acceptors (Lipinski definition) is 4. The average molecular weight is 285 g/mol. The monoisotopic (exact) mass is 284 g/mol. The Morgan fingerprint density at radius 2 is 2.37 bits per heavy atom. The summed E-state index contributed by atoms with van der Waals surface area (Å²) in [6.07, 6.45) is 2.52. The number of ether oxygens (including phenoxy) is 1. The van der Waals surface area contributed by atoms with Gasteiger partial charge in [0.1, 0.15) is 5.82 Å². The minimum Gasteiger partial charge on any atom is -0.478 e. The maximum Gasteiger partial charge on any atom is 0.337 e. The van der Waals surface area contributed by atoms with Crippen LogP contribution in [0, 0.1) is 5.92 Å². The van der Waals surface area contributed by atoms with E-state index in [0.29, 0.717) is 18.3 Å². The maximum atomic E-state index is 11.1. The number of nitrogens with zero attached hydrogens (tertiary/aromatic N) is 2. The zero-order chi connectivity index (χ0) is 14.0. The molecule has 1 saturated heterocycles. The molecule has 1 aromatic rings. The van der Waals surface area contributed by atoms with Crippen LogP contribution in [0.5, 0.6) is 0 Å². The molecule has 0 amide bonds. The standard InChI is InChI=1S/C13H17ClN2O3/c1-8-3-4-16(7-11(8)19-2)12-5-9(13(17)18)10(14)6-15-12/h5-6,8,11H,3-4,7H2,1-2H3,(H,17,18). The molecule has 1 N–H and O–H groups in total. The highest BCUT2D eigenvalue weighted by molar-refractivity contribution is 6.33. The van der Waals surface area contributed by atoms with E-state index in [1.54, 1.807) is 7.11 Å². The lowest BCUT2D eigenvalue weighted by molar-refractivity contribution is 0.0496. The van der Waals surface area contributed by atoms with Crippen molar-refractivity contribution in [1.82, 2.24) is 4.98 Å². The van der Waals surface area contributed by atoms with Crippen LogP contribution in [-0.2, 0) is 4.74 Å². The average Bonchev–Trinajstić information content (AvgIpc) is 2.39. The smallest absolute Gasteiger partial charge is 0.337 e. The van der Waals surface area contributed by atoms with Crippen molar-refractivity contribution in [3.05, 3.63) is 22.8 Å². The molecule has 0 bridgehead atoms. The Kier molecular flexibility index (Phi) is 4.27. The molecule has 0 aliphatic carbocycles. The molecule has 2 heterocycles. The van der Waals surface area contributed by atoms with Crippen molar-refractivity contribution in [2.75, 3.05) is 25.1 Å². The van der Waals surface area contributed by atoms with Gasteiger partial charge in [-0.15, -0.1) is 0 Å². The molecule has 1 fully saturated rings. The number of carbonyl (C=O) groups is 1. The van der Waals surface area contributed by atoms with E-state index in [2.05, 4.69) is 11.9 Å². The molecule has 0 spiro atoms. The van der Waals surface area contributed by atoms with Crippen molar-refractivity contribution in [3.63, 3.8) is 0 Å². The number of pyridine rings is 1. The molecule has 2 atom stereocenters. The van der Waals surface area contributed by atoms with Crippen LogP contribution in [-0.4, -0.2) is 42.4 Å². The first-order valence-corrected chi connectivity index (χ1v) is 6.57. The first-order chi connectivity index (χ1) is 9.02. The number of aromatic carboxylic acids is 1. The number of anilines is 1. The van der Waals surface area contributed by atoms with E-state index in [9.17, 15) is 4.79 Å². The zero-order valence-corrected chi connectivity index (χ0v) is 11.7. The third kappa shape index (κ3) is 2.98. The molecule has 2 rings (SSSR count). The van der Waals surface area contributed by atoms with E-state index >= 15 is 0 Å². The number of hydrogen-bond donors (Lipinski definition) is 1. The summed E-state index contributed by atoms with van der Waals surface area (Å²) >= 11 is 5.82. The van der Waals surface area contributed by atoms with Crippen molar-refractivity contribution in [3.8, 4) is 0 Å². The lowest BCUT2D eigenvalue weighted by Crippen LogP contribution is -2.44. The quantitative estimate of drug-likeness (QED) is 0.923. The third-order valence-electron chi connectivity index (χ3n) is 3.59. The van der Waals surface area contributed by atoms with Crippen LogP contribution in [0.25, 0.3) is 0 Å². The van der Waals surface area contributed by atoms with Crippen LogP contribution in [0.1, 0.15) is 23.7 Å². The van der Waals surface area contributed by atoms with Gasteiger partial charge in [-0.2, -0.15) is 0 Å². The van der Waals surface area contributed by atoms with E-state index in [1.165, 1.54) is 12.3 Å². The summed E-state index contributed by atoms with van der Waals surface area (Å²) in [7, 11) is 1.70. The highest BCUT2D eigenvalue weighted by atomic mass is 35.5. The number of carboxylic acids is 1. The zero-order valence-electron chi connectivity index (χ0n) is 11.0. The fourth-order valence-electron chi connectivity index (χ4n) is 2.31. The largest absolute Gasteiger partial charge is 0.478 e. The lowest BCUT2D eigenvalue weighted by Gasteiger charge is -2.37. The van der Waals surface area contributed by atoms with Crippen LogP contribution in [0.4, 0.5) is 5.82 Å². The Balaban J connectivity index is 2.22. The van der Waals surface area contributed by atoms with Crippen LogP contribution >= 0.6 is 11.6 Å². The Morgan fingerprint density at radius 3 is 3.00 bits per heavy atom. The molecular formula is C13H17ClN2O3. The lowest BCUT2D eigenvalue weighted by atomic mass is 9.96. The molecule has 2 unspecified atom stereocenters. The molecule has 0 radical (unpaired) electrons. The maximum absolute atomic E-state index is 11.1. The summed E-state index contributed by atoms with van der Waals surface area (Å²) in [6.45, 7) is 3.71. The topological polar surface area (TPSA) is 62.7 Å². The van der Waals surface area contributed by atoms with Gasteiger partial charge in [-0.25, -0.2) is 9.78 Å². The summed E-state index contributed by atoms with van der Waals surface area (Å²) in [5, 5.41) is 9.23. The number of rotatable bonds is 3. The van der Waals surface area contributed by atoms with Gasteiger partial charge in [0.2, 0.25) is 0 Å². The number of halogens is 1. The van der Waals surface area contributed by atoms with Crippen LogP contribution < -0.4 is 4.90 Å². The predicted octanol–water partition coefficient (Wildman–Crippen LogP) is 2.29. The first kappa shape index (κ1) is 14.1. The first-order valence-electron chi connectivity index (χ1n) is 6.19. The second-order valence-corrected chi connectivity index (χ2v) is 5.22. The molecule has 0 aromatic carbocycles. The number of piperidine rings is 1. The molecule has 19 heavy (non-hydrogen) atoms. The van der Waals surface area contributed by atoms with Gasteiger partial charge in [0, 0.05) is 26.4 Å². The van der Waals surface area contributed by atoms with Gasteiger partial charge in [0.05, 0.1) is 16.7 Å². The number of aromatic nitrogens is 1. The summed E-state index contributed by atoms with van der Waals surface area (Å²) in [5.74, 6) is 0.0885. The van der Waals surface area contributed by atoms with Crippen LogP contribution in [0.15, 0.2) is 12.3 Å². The number of methoxy groups -OCH3 is 1. The van der Waals surface area contributed by atoms with Crippen molar-refractivity contribution in [2.24, 2.45) is 5.92 Å². The molecule has 1 aliphatic heterocycles. The van der Waals surface area contributed by atoms with E-state index in [0.717, 1.165) is 13.0 Å². The molecule has 1 aromatic heterocycles. The Bertz CT molecular complexity index is 481. The molecule has 104 valence electrons. The molecule has 1 aliphatic rings. The normalized spacial score (nSPS) is 23.4. The predicted molar refractivity (Wildman–Crippen MR) is 73.0 cm³/mol. The number of carboxylic acid groups (broad SMARTS) is 1. The summed E-state index contributed by atoms with van der Waals surface area (Å²) in [4.78, 5) is 17.3. The second-order valence-electron chi connectivity index (χ2n) is 4.81. The molecule has 5 nitrogen and oxygen atoms in total. The summed E-state index contributed by atoms with van der Waals surface area (Å²) in [6, 6.07) is 1.52. The van der Waals surface area contributed by atoms with E-state index < -0.39 is 5.97 Å². The minimum absolute atomic E-state index is 0.0826. The highest BCUT2D eigenvalue weighted by Crippen LogP contribution is 2.26. The van der Waals surface area contributed by atoms with Crippen molar-refractivity contribution in [1.29, 1.82) is 0 Å². The van der Waals surface area contributed by atoms with Crippen molar-refractivity contribution >= 4 is 23.4 Å². The van der Waals surface area contributed by atoms with E-state index in [1.807, 2.05) is 4.90 Å².